The maximum Gasteiger partial charge on any atom is 0.127 e. The number of rotatable bonds is 4. The molecule has 0 bridgehead atoms. The molecule has 0 aliphatic heterocycles. The molecule has 16 heavy (non-hydrogen) atoms. The van der Waals surface area contributed by atoms with Gasteiger partial charge in [-0.15, -0.1) is 11.6 Å². The third-order valence-electron chi connectivity index (χ3n) is 2.44. The molecule has 2 atom stereocenters. The van der Waals surface area contributed by atoms with Crippen molar-refractivity contribution in [2.75, 3.05) is 5.88 Å². The number of hydrogen-bond acceptors (Lipinski definition) is 2. The Morgan fingerprint density at radius 1 is 1.38 bits per heavy atom. The predicted octanol–water partition coefficient (Wildman–Crippen LogP) is 2.81. The lowest BCUT2D eigenvalue weighted by Gasteiger charge is -2.19. The van der Waals surface area contributed by atoms with Gasteiger partial charge >= 0.3 is 0 Å². The Bertz CT molecular complexity index is 371. The molecule has 0 spiro atoms. The van der Waals surface area contributed by atoms with Crippen molar-refractivity contribution in [3.05, 3.63) is 34.1 Å². The van der Waals surface area contributed by atoms with E-state index >= 15 is 0 Å². The summed E-state index contributed by atoms with van der Waals surface area (Å²) in [6, 6.07) is 2.58. The van der Waals surface area contributed by atoms with E-state index in [0.29, 0.717) is 5.56 Å². The van der Waals surface area contributed by atoms with Crippen LogP contribution in [0.3, 0.4) is 0 Å². The molecule has 0 aliphatic rings. The monoisotopic (exact) mass is 266 g/mol. The first-order chi connectivity index (χ1) is 7.49. The molecule has 0 saturated carbocycles. The van der Waals surface area contributed by atoms with Gasteiger partial charge in [-0.3, -0.25) is 0 Å². The summed E-state index contributed by atoms with van der Waals surface area (Å²) in [6.45, 7) is 1.52. The zero-order chi connectivity index (χ0) is 12.3. The van der Waals surface area contributed by atoms with Crippen LogP contribution >= 0.6 is 23.2 Å². The van der Waals surface area contributed by atoms with Crippen molar-refractivity contribution < 1.29 is 14.6 Å². The highest BCUT2D eigenvalue weighted by atomic mass is 35.5. The Hall–Kier alpha value is -0.350. The number of halogens is 3. The lowest BCUT2D eigenvalue weighted by molar-refractivity contribution is 0.0170. The lowest BCUT2D eigenvalue weighted by Crippen LogP contribution is -2.19. The fourth-order valence-electron chi connectivity index (χ4n) is 1.39. The minimum Gasteiger partial charge on any atom is -0.390 e. The molecule has 0 aliphatic carbocycles. The molecule has 2 N–H and O–H groups in total. The molecule has 0 saturated heterocycles. The first-order valence-electron chi connectivity index (χ1n) is 4.85. The molecular formula is C11H13Cl2FO2. The number of alkyl halides is 1. The van der Waals surface area contributed by atoms with Gasteiger partial charge in [-0.05, 0) is 19.4 Å². The van der Waals surface area contributed by atoms with Crippen LogP contribution in [0.25, 0.3) is 0 Å². The van der Waals surface area contributed by atoms with Crippen LogP contribution < -0.4 is 0 Å². The second-order valence-electron chi connectivity index (χ2n) is 3.57. The predicted molar refractivity (Wildman–Crippen MR) is 62.5 cm³/mol. The quantitative estimate of drug-likeness (QED) is 0.823. The second kappa shape index (κ2) is 5.82. The minimum atomic E-state index is -1.15. The first-order valence-corrected chi connectivity index (χ1v) is 5.77. The number of benzene rings is 1. The molecule has 1 aromatic rings. The third-order valence-corrected chi connectivity index (χ3v) is 3.16. The number of aliphatic hydroxyl groups is 2. The molecule has 0 heterocycles. The van der Waals surface area contributed by atoms with Gasteiger partial charge in [0.2, 0.25) is 0 Å². The number of hydrogen-bond donors (Lipinski definition) is 2. The summed E-state index contributed by atoms with van der Waals surface area (Å²) in [5, 5.41) is 19.5. The Balaban J connectivity index is 3.00. The smallest absolute Gasteiger partial charge is 0.127 e. The summed E-state index contributed by atoms with van der Waals surface area (Å²) < 4.78 is 13.1. The molecular weight excluding hydrogens is 254 g/mol. The Kier molecular flexibility index (Phi) is 4.99. The summed E-state index contributed by atoms with van der Waals surface area (Å²) in [5.74, 6) is -0.205. The third kappa shape index (κ3) is 2.86. The second-order valence-corrected chi connectivity index (χ2v) is 4.32. The van der Waals surface area contributed by atoms with Gasteiger partial charge in [0.15, 0.2) is 0 Å². The van der Waals surface area contributed by atoms with Crippen LogP contribution in [-0.2, 0) is 0 Å². The highest BCUT2D eigenvalue weighted by Crippen LogP contribution is 2.30. The zero-order valence-electron chi connectivity index (χ0n) is 8.75. The van der Waals surface area contributed by atoms with Crippen molar-refractivity contribution in [2.45, 2.75) is 25.6 Å². The molecule has 1 aromatic carbocycles. The summed E-state index contributed by atoms with van der Waals surface area (Å²) in [7, 11) is 0. The molecule has 5 heteroatoms. The van der Waals surface area contributed by atoms with Gasteiger partial charge in [0.1, 0.15) is 11.9 Å². The SMILES string of the molecule is Cc1c(F)ccc(C(O)C(O)CCCl)c1Cl. The van der Waals surface area contributed by atoms with E-state index in [1.54, 1.807) is 0 Å². The van der Waals surface area contributed by atoms with E-state index < -0.39 is 18.0 Å². The van der Waals surface area contributed by atoms with Crippen molar-refractivity contribution in [3.8, 4) is 0 Å². The average Bonchev–Trinajstić information content (AvgIpc) is 2.26. The van der Waals surface area contributed by atoms with Crippen LogP contribution in [-0.4, -0.2) is 22.2 Å². The molecule has 0 aromatic heterocycles. The first kappa shape index (κ1) is 13.7. The van der Waals surface area contributed by atoms with Gasteiger partial charge in [0.25, 0.3) is 0 Å². The highest BCUT2D eigenvalue weighted by molar-refractivity contribution is 6.32. The van der Waals surface area contributed by atoms with Crippen LogP contribution in [0, 0.1) is 12.7 Å². The van der Waals surface area contributed by atoms with Crippen molar-refractivity contribution in [1.82, 2.24) is 0 Å². The van der Waals surface area contributed by atoms with E-state index in [1.165, 1.54) is 19.1 Å². The van der Waals surface area contributed by atoms with Crippen molar-refractivity contribution >= 4 is 23.2 Å². The fourth-order valence-corrected chi connectivity index (χ4v) is 1.88. The van der Waals surface area contributed by atoms with Crippen LogP contribution in [0.1, 0.15) is 23.7 Å². The molecule has 0 amide bonds. The summed E-state index contributed by atoms with van der Waals surface area (Å²) in [4.78, 5) is 0. The Morgan fingerprint density at radius 3 is 2.56 bits per heavy atom. The van der Waals surface area contributed by atoms with Gasteiger partial charge in [0, 0.05) is 17.0 Å². The molecule has 1 rings (SSSR count). The van der Waals surface area contributed by atoms with Crippen LogP contribution in [0.4, 0.5) is 4.39 Å². The van der Waals surface area contributed by atoms with Crippen molar-refractivity contribution in [3.63, 3.8) is 0 Å². The maximum absolute atomic E-state index is 13.1. The van der Waals surface area contributed by atoms with Gasteiger partial charge in [-0.1, -0.05) is 17.7 Å². The topological polar surface area (TPSA) is 40.5 Å². The normalized spacial score (nSPS) is 14.9. The van der Waals surface area contributed by atoms with E-state index in [2.05, 4.69) is 0 Å². The van der Waals surface area contributed by atoms with E-state index in [4.69, 9.17) is 23.2 Å². The standard InChI is InChI=1S/C11H13Cl2FO2/c1-6-8(14)3-2-7(10(6)13)11(16)9(15)4-5-12/h2-3,9,11,15-16H,4-5H2,1H3. The van der Waals surface area contributed by atoms with Crippen LogP contribution in [0.2, 0.25) is 5.02 Å². The van der Waals surface area contributed by atoms with Gasteiger partial charge in [-0.25, -0.2) is 4.39 Å². The van der Waals surface area contributed by atoms with Gasteiger partial charge in [-0.2, -0.15) is 0 Å². The Morgan fingerprint density at radius 2 is 2.00 bits per heavy atom. The summed E-state index contributed by atoms with van der Waals surface area (Å²) in [5.41, 5.74) is 0.578. The molecule has 90 valence electrons. The Labute approximate surface area is 104 Å². The zero-order valence-corrected chi connectivity index (χ0v) is 10.3. The van der Waals surface area contributed by atoms with E-state index in [0.717, 1.165) is 0 Å². The molecule has 0 radical (unpaired) electrons. The van der Waals surface area contributed by atoms with E-state index in [9.17, 15) is 14.6 Å². The molecule has 0 fully saturated rings. The van der Waals surface area contributed by atoms with Gasteiger partial charge < -0.3 is 10.2 Å². The lowest BCUT2D eigenvalue weighted by atomic mass is 10.0. The van der Waals surface area contributed by atoms with Gasteiger partial charge in [0.05, 0.1) is 11.1 Å². The van der Waals surface area contributed by atoms with E-state index in [1.807, 2.05) is 0 Å². The summed E-state index contributed by atoms with van der Waals surface area (Å²) >= 11 is 11.4. The van der Waals surface area contributed by atoms with Crippen molar-refractivity contribution in [1.29, 1.82) is 0 Å². The largest absolute Gasteiger partial charge is 0.390 e. The minimum absolute atomic E-state index is 0.140. The summed E-state index contributed by atoms with van der Waals surface area (Å²) in [6.07, 6.45) is -1.90. The maximum atomic E-state index is 13.1. The average molecular weight is 267 g/mol. The molecule has 2 unspecified atom stereocenters. The van der Waals surface area contributed by atoms with Crippen LogP contribution in [0.15, 0.2) is 12.1 Å². The number of aliphatic hydroxyl groups excluding tert-OH is 2. The fraction of sp³-hybridized carbons (Fsp3) is 0.455. The highest BCUT2D eigenvalue weighted by Gasteiger charge is 2.21. The van der Waals surface area contributed by atoms with Crippen molar-refractivity contribution in [2.24, 2.45) is 0 Å². The molecule has 2 nitrogen and oxygen atoms in total. The van der Waals surface area contributed by atoms with Crippen LogP contribution in [0.5, 0.6) is 0 Å². The van der Waals surface area contributed by atoms with E-state index in [-0.39, 0.29) is 22.9 Å².